The third kappa shape index (κ3) is 2.31. The van der Waals surface area contributed by atoms with Crippen LogP contribution in [0, 0.1) is 5.41 Å². The number of rotatable bonds is 2. The van der Waals surface area contributed by atoms with Crippen molar-refractivity contribution in [2.24, 2.45) is 5.41 Å². The molecular weight excluding hydrogens is 282 g/mol. The first-order chi connectivity index (χ1) is 10.7. The summed E-state index contributed by atoms with van der Waals surface area (Å²) in [5.41, 5.74) is 4.72. The number of hydrogen-bond acceptors (Lipinski definition) is 5. The number of hydroxylamine groups is 1. The number of nitrogens with one attached hydrogen (secondary N) is 1. The van der Waals surface area contributed by atoms with Crippen LogP contribution >= 0.6 is 0 Å². The second-order valence-electron chi connectivity index (χ2n) is 6.86. The zero-order chi connectivity index (χ0) is 15.2. The lowest BCUT2D eigenvalue weighted by atomic mass is 9.64. The fourth-order valence-electron chi connectivity index (χ4n) is 4.10. The highest BCUT2D eigenvalue weighted by Crippen LogP contribution is 2.49. The molecule has 118 valence electrons. The van der Waals surface area contributed by atoms with E-state index in [1.807, 2.05) is 6.07 Å². The average Bonchev–Trinajstić information content (AvgIpc) is 3.01. The lowest BCUT2D eigenvalue weighted by Crippen LogP contribution is -2.52. The second kappa shape index (κ2) is 5.30. The maximum Gasteiger partial charge on any atom is 0.276 e. The molecule has 3 heterocycles. The van der Waals surface area contributed by atoms with Crippen LogP contribution < -0.4 is 5.48 Å². The van der Waals surface area contributed by atoms with Crippen molar-refractivity contribution in [1.82, 2.24) is 15.4 Å². The number of nitrogens with zero attached hydrogens (tertiary/aromatic N) is 2. The van der Waals surface area contributed by atoms with Crippen molar-refractivity contribution in [3.05, 3.63) is 29.1 Å². The summed E-state index contributed by atoms with van der Waals surface area (Å²) in [5, 5.41) is 8.70. The second-order valence-corrected chi connectivity index (χ2v) is 6.86. The monoisotopic (exact) mass is 303 g/mol. The van der Waals surface area contributed by atoms with Crippen LogP contribution in [0.3, 0.4) is 0 Å². The Morgan fingerprint density at radius 3 is 3.09 bits per heavy atom. The molecule has 1 spiro atoms. The molecule has 0 aromatic carbocycles. The zero-order valence-corrected chi connectivity index (χ0v) is 12.5. The van der Waals surface area contributed by atoms with E-state index in [0.29, 0.717) is 17.0 Å². The lowest BCUT2D eigenvalue weighted by Gasteiger charge is -2.50. The van der Waals surface area contributed by atoms with Gasteiger partial charge in [0, 0.05) is 31.9 Å². The molecule has 0 bridgehead atoms. The van der Waals surface area contributed by atoms with Crippen LogP contribution in [-0.2, 0) is 17.7 Å². The molecule has 0 unspecified atom stereocenters. The highest BCUT2D eigenvalue weighted by molar-refractivity contribution is 5.93. The minimum atomic E-state index is -0.500. The van der Waals surface area contributed by atoms with Crippen LogP contribution in [0.25, 0.3) is 0 Å². The first kappa shape index (κ1) is 14.1. The Balaban J connectivity index is 1.43. The van der Waals surface area contributed by atoms with Crippen molar-refractivity contribution in [2.45, 2.75) is 38.3 Å². The molecule has 0 atom stereocenters. The highest BCUT2D eigenvalue weighted by atomic mass is 16.5. The summed E-state index contributed by atoms with van der Waals surface area (Å²) in [6.07, 6.45) is 6.16. The van der Waals surface area contributed by atoms with Gasteiger partial charge in [0.2, 0.25) is 0 Å². The van der Waals surface area contributed by atoms with E-state index in [4.69, 9.17) is 9.94 Å². The number of pyridine rings is 1. The fraction of sp³-hybridized carbons (Fsp3) is 0.625. The van der Waals surface area contributed by atoms with E-state index in [9.17, 15) is 4.79 Å². The smallest absolute Gasteiger partial charge is 0.276 e. The van der Waals surface area contributed by atoms with Gasteiger partial charge in [-0.1, -0.05) is 0 Å². The summed E-state index contributed by atoms with van der Waals surface area (Å²) in [4.78, 5) is 18.4. The van der Waals surface area contributed by atoms with Crippen LogP contribution in [0.4, 0.5) is 0 Å². The van der Waals surface area contributed by atoms with E-state index in [0.717, 1.165) is 44.0 Å². The summed E-state index contributed by atoms with van der Waals surface area (Å²) < 4.78 is 5.55. The van der Waals surface area contributed by atoms with Crippen molar-refractivity contribution in [1.29, 1.82) is 0 Å². The fourth-order valence-corrected chi connectivity index (χ4v) is 4.10. The molecule has 1 amide bonds. The van der Waals surface area contributed by atoms with Gasteiger partial charge in [-0.3, -0.25) is 19.9 Å². The predicted molar refractivity (Wildman–Crippen MR) is 78.5 cm³/mol. The lowest BCUT2D eigenvalue weighted by molar-refractivity contribution is -0.0130. The Morgan fingerprint density at radius 1 is 1.50 bits per heavy atom. The third-order valence-electron chi connectivity index (χ3n) is 5.48. The van der Waals surface area contributed by atoms with Crippen molar-refractivity contribution < 1.29 is 14.7 Å². The zero-order valence-electron chi connectivity index (χ0n) is 12.5. The number of carbonyl (C=O) groups is 1. The summed E-state index contributed by atoms with van der Waals surface area (Å²) in [5.74, 6) is -0.500. The molecule has 3 aliphatic rings. The minimum Gasteiger partial charge on any atom is -0.381 e. The van der Waals surface area contributed by atoms with E-state index >= 15 is 0 Å². The highest BCUT2D eigenvalue weighted by Gasteiger charge is 2.48. The van der Waals surface area contributed by atoms with E-state index in [-0.39, 0.29) is 0 Å². The SMILES string of the molecule is O=C(NO)c1cnc2c(c1)CCN(C1CC3(CCOC3)C1)C2. The Hall–Kier alpha value is -1.50. The Bertz CT molecular complexity index is 590. The van der Waals surface area contributed by atoms with Gasteiger partial charge in [-0.15, -0.1) is 0 Å². The molecule has 4 rings (SSSR count). The van der Waals surface area contributed by atoms with Gasteiger partial charge in [-0.05, 0) is 42.7 Å². The quantitative estimate of drug-likeness (QED) is 0.633. The molecule has 6 nitrogen and oxygen atoms in total. The average molecular weight is 303 g/mol. The Morgan fingerprint density at radius 2 is 2.36 bits per heavy atom. The summed E-state index contributed by atoms with van der Waals surface area (Å²) in [6, 6.07) is 2.50. The van der Waals surface area contributed by atoms with Crippen molar-refractivity contribution in [3.8, 4) is 0 Å². The first-order valence-electron chi connectivity index (χ1n) is 7.93. The molecule has 0 radical (unpaired) electrons. The molecular formula is C16H21N3O3. The largest absolute Gasteiger partial charge is 0.381 e. The molecule has 1 aromatic heterocycles. The van der Waals surface area contributed by atoms with Crippen LogP contribution in [0.1, 0.15) is 40.9 Å². The van der Waals surface area contributed by atoms with Gasteiger partial charge in [0.05, 0.1) is 17.9 Å². The molecule has 2 aliphatic heterocycles. The van der Waals surface area contributed by atoms with Crippen LogP contribution in [0.2, 0.25) is 0 Å². The minimum absolute atomic E-state index is 0.417. The van der Waals surface area contributed by atoms with Gasteiger partial charge < -0.3 is 4.74 Å². The topological polar surface area (TPSA) is 74.7 Å². The number of amides is 1. The standard InChI is InChI=1S/C16H21N3O3/c20-15(18-21)12-5-11-1-3-19(9-14(11)17-8-12)13-6-16(7-13)2-4-22-10-16/h5,8,13,21H,1-4,6-7,9-10H2,(H,18,20). The number of ether oxygens (including phenoxy) is 1. The molecule has 2 N–H and O–H groups in total. The van der Waals surface area contributed by atoms with Gasteiger partial charge in [0.15, 0.2) is 0 Å². The van der Waals surface area contributed by atoms with Crippen LogP contribution in [0.5, 0.6) is 0 Å². The van der Waals surface area contributed by atoms with Gasteiger partial charge in [0.25, 0.3) is 5.91 Å². The summed E-state index contributed by atoms with van der Waals surface area (Å²) in [7, 11) is 0. The van der Waals surface area contributed by atoms with Crippen LogP contribution in [0.15, 0.2) is 12.3 Å². The Kier molecular flexibility index (Phi) is 3.40. The maximum absolute atomic E-state index is 11.4. The van der Waals surface area contributed by atoms with Gasteiger partial charge >= 0.3 is 0 Å². The molecule has 1 saturated carbocycles. The molecule has 2 fully saturated rings. The van der Waals surface area contributed by atoms with Gasteiger partial charge in [-0.2, -0.15) is 0 Å². The number of aromatic nitrogens is 1. The molecule has 1 aromatic rings. The molecule has 22 heavy (non-hydrogen) atoms. The van der Waals surface area contributed by atoms with E-state index < -0.39 is 5.91 Å². The third-order valence-corrected chi connectivity index (χ3v) is 5.48. The molecule has 1 aliphatic carbocycles. The van der Waals surface area contributed by atoms with E-state index in [1.54, 1.807) is 11.7 Å². The van der Waals surface area contributed by atoms with Crippen molar-refractivity contribution in [2.75, 3.05) is 19.8 Å². The first-order valence-corrected chi connectivity index (χ1v) is 7.93. The molecule has 6 heteroatoms. The normalized spacial score (nSPS) is 30.9. The van der Waals surface area contributed by atoms with Gasteiger partial charge in [-0.25, -0.2) is 5.48 Å². The molecule has 1 saturated heterocycles. The van der Waals surface area contributed by atoms with E-state index in [2.05, 4.69) is 9.88 Å². The van der Waals surface area contributed by atoms with Crippen molar-refractivity contribution >= 4 is 5.91 Å². The van der Waals surface area contributed by atoms with Crippen LogP contribution in [-0.4, -0.2) is 46.8 Å². The van der Waals surface area contributed by atoms with Gasteiger partial charge in [0.1, 0.15) is 0 Å². The maximum atomic E-state index is 11.4. The Labute approximate surface area is 129 Å². The van der Waals surface area contributed by atoms with E-state index in [1.165, 1.54) is 19.3 Å². The number of carbonyl (C=O) groups excluding carboxylic acids is 1. The summed E-state index contributed by atoms with van der Waals surface area (Å²) >= 11 is 0. The number of hydrogen-bond donors (Lipinski definition) is 2. The summed E-state index contributed by atoms with van der Waals surface area (Å²) in [6.45, 7) is 3.73. The number of fused-ring (bicyclic) bond motifs is 1. The van der Waals surface area contributed by atoms with Crippen molar-refractivity contribution in [3.63, 3.8) is 0 Å². The predicted octanol–water partition coefficient (Wildman–Crippen LogP) is 1.13.